The van der Waals surface area contributed by atoms with Gasteiger partial charge in [-0.1, -0.05) is 6.92 Å². The van der Waals surface area contributed by atoms with Crippen LogP contribution in [-0.4, -0.2) is 29.4 Å². The van der Waals surface area contributed by atoms with Crippen molar-refractivity contribution in [1.82, 2.24) is 4.90 Å². The minimum absolute atomic E-state index is 0.0549. The minimum Gasteiger partial charge on any atom is -0.333 e. The second-order valence-corrected chi connectivity index (χ2v) is 5.97. The van der Waals surface area contributed by atoms with Crippen molar-refractivity contribution < 1.29 is 4.79 Å². The van der Waals surface area contributed by atoms with Crippen molar-refractivity contribution >= 4 is 17.2 Å². The van der Waals surface area contributed by atoms with Gasteiger partial charge in [0, 0.05) is 18.6 Å². The lowest BCUT2D eigenvalue weighted by Gasteiger charge is -2.38. The number of piperidine rings is 1. The van der Waals surface area contributed by atoms with Crippen molar-refractivity contribution in [3.8, 4) is 0 Å². The number of thiophene rings is 1. The number of likely N-dealkylation sites (tertiary alicyclic amines) is 1. The summed E-state index contributed by atoms with van der Waals surface area (Å²) in [5.41, 5.74) is 7.19. The molecule has 0 aromatic carbocycles. The first-order chi connectivity index (χ1) is 8.65. The second-order valence-electron chi connectivity index (χ2n) is 5.05. The lowest BCUT2D eigenvalue weighted by atomic mass is 9.96. The summed E-state index contributed by atoms with van der Waals surface area (Å²) in [5, 5.41) is 2.01. The van der Waals surface area contributed by atoms with E-state index in [0.29, 0.717) is 0 Å². The Labute approximate surface area is 113 Å². The summed E-state index contributed by atoms with van der Waals surface area (Å²) in [6, 6.07) is 2.32. The zero-order chi connectivity index (χ0) is 13.1. The molecule has 1 aliphatic rings. The van der Waals surface area contributed by atoms with Gasteiger partial charge in [0.2, 0.25) is 0 Å². The van der Waals surface area contributed by atoms with E-state index in [2.05, 4.69) is 13.0 Å². The lowest BCUT2D eigenvalue weighted by Crippen LogP contribution is -2.51. The molecule has 0 radical (unpaired) electrons. The molecule has 2 N–H and O–H groups in total. The van der Waals surface area contributed by atoms with Crippen molar-refractivity contribution in [1.29, 1.82) is 0 Å². The molecular weight excluding hydrogens is 244 g/mol. The molecule has 0 spiro atoms. The second kappa shape index (κ2) is 5.85. The van der Waals surface area contributed by atoms with Crippen LogP contribution in [0.5, 0.6) is 0 Å². The number of rotatable bonds is 3. The summed E-state index contributed by atoms with van der Waals surface area (Å²) in [6.07, 6.45) is 4.24. The van der Waals surface area contributed by atoms with Gasteiger partial charge in [0.25, 0.3) is 5.91 Å². The van der Waals surface area contributed by atoms with Crippen LogP contribution in [0.25, 0.3) is 0 Å². The molecule has 2 rings (SSSR count). The topological polar surface area (TPSA) is 46.3 Å². The number of hydrogen-bond acceptors (Lipinski definition) is 3. The van der Waals surface area contributed by atoms with Gasteiger partial charge < -0.3 is 10.6 Å². The fraction of sp³-hybridized carbons (Fsp3) is 0.643. The van der Waals surface area contributed by atoms with Gasteiger partial charge in [0.15, 0.2) is 0 Å². The van der Waals surface area contributed by atoms with Crippen LogP contribution in [0, 0.1) is 0 Å². The van der Waals surface area contributed by atoms with E-state index in [-0.39, 0.29) is 18.0 Å². The van der Waals surface area contributed by atoms with Gasteiger partial charge in [-0.25, -0.2) is 0 Å². The first-order valence-corrected chi connectivity index (χ1v) is 7.66. The molecule has 1 aromatic rings. The van der Waals surface area contributed by atoms with Crippen LogP contribution in [0.3, 0.4) is 0 Å². The van der Waals surface area contributed by atoms with Crippen LogP contribution in [0.4, 0.5) is 0 Å². The van der Waals surface area contributed by atoms with Crippen LogP contribution < -0.4 is 5.73 Å². The zero-order valence-electron chi connectivity index (χ0n) is 11.2. The first-order valence-electron chi connectivity index (χ1n) is 6.78. The number of amides is 1. The van der Waals surface area contributed by atoms with Crippen molar-refractivity contribution in [2.75, 3.05) is 6.54 Å². The molecule has 2 unspecified atom stereocenters. The number of nitrogens with zero attached hydrogens (tertiary/aromatic N) is 1. The molecule has 4 heteroatoms. The van der Waals surface area contributed by atoms with Crippen LogP contribution in [-0.2, 0) is 6.42 Å². The predicted molar refractivity (Wildman–Crippen MR) is 76.0 cm³/mol. The van der Waals surface area contributed by atoms with E-state index >= 15 is 0 Å². The molecule has 18 heavy (non-hydrogen) atoms. The molecule has 3 nitrogen and oxygen atoms in total. The standard InChI is InChI=1S/C14H22N2OS/c1-3-11-7-9-18-13(11)14(17)16-8-5-4-6-12(16)10(2)15/h7,9-10,12H,3-6,8,15H2,1-2H3. The summed E-state index contributed by atoms with van der Waals surface area (Å²) < 4.78 is 0. The molecule has 0 aliphatic carbocycles. The zero-order valence-corrected chi connectivity index (χ0v) is 12.0. The molecule has 1 aliphatic heterocycles. The number of hydrogen-bond donors (Lipinski definition) is 1. The largest absolute Gasteiger partial charge is 0.333 e. The summed E-state index contributed by atoms with van der Waals surface area (Å²) in [4.78, 5) is 15.5. The van der Waals surface area contributed by atoms with Crippen LogP contribution in [0.2, 0.25) is 0 Å². The Morgan fingerprint density at radius 2 is 2.39 bits per heavy atom. The van der Waals surface area contributed by atoms with Gasteiger partial charge in [-0.3, -0.25) is 4.79 Å². The van der Waals surface area contributed by atoms with Crippen molar-refractivity contribution in [2.24, 2.45) is 5.73 Å². The molecule has 0 bridgehead atoms. The Morgan fingerprint density at radius 1 is 1.61 bits per heavy atom. The summed E-state index contributed by atoms with van der Waals surface area (Å²) in [5.74, 6) is 0.184. The Kier molecular flexibility index (Phi) is 4.40. The van der Waals surface area contributed by atoms with E-state index in [1.807, 2.05) is 17.2 Å². The predicted octanol–water partition coefficient (Wildman–Crippen LogP) is 2.65. The first kappa shape index (κ1) is 13.6. The fourth-order valence-electron chi connectivity index (χ4n) is 2.69. The summed E-state index contributed by atoms with van der Waals surface area (Å²) >= 11 is 1.56. The third-order valence-corrected chi connectivity index (χ3v) is 4.68. The normalized spacial score (nSPS) is 21.9. The van der Waals surface area contributed by atoms with Crippen molar-refractivity contribution in [3.05, 3.63) is 21.9 Å². The molecule has 2 atom stereocenters. The number of carbonyl (C=O) groups is 1. The molecule has 100 valence electrons. The van der Waals surface area contributed by atoms with E-state index in [0.717, 1.165) is 30.7 Å². The average molecular weight is 266 g/mol. The third kappa shape index (κ3) is 2.59. The highest BCUT2D eigenvalue weighted by atomic mass is 32.1. The fourth-order valence-corrected chi connectivity index (χ4v) is 3.64. The van der Waals surface area contributed by atoms with E-state index in [1.54, 1.807) is 11.3 Å². The quantitative estimate of drug-likeness (QED) is 0.914. The molecule has 1 saturated heterocycles. The van der Waals surface area contributed by atoms with E-state index in [9.17, 15) is 4.79 Å². The lowest BCUT2D eigenvalue weighted by molar-refractivity contribution is 0.0588. The number of aryl methyl sites for hydroxylation is 1. The third-order valence-electron chi connectivity index (χ3n) is 3.74. The number of carbonyl (C=O) groups excluding carboxylic acids is 1. The molecular formula is C14H22N2OS. The average Bonchev–Trinajstić information content (AvgIpc) is 2.86. The molecule has 0 saturated carbocycles. The molecule has 1 aromatic heterocycles. The maximum Gasteiger partial charge on any atom is 0.264 e. The van der Waals surface area contributed by atoms with Gasteiger partial charge in [-0.15, -0.1) is 11.3 Å². The smallest absolute Gasteiger partial charge is 0.264 e. The van der Waals surface area contributed by atoms with Crippen LogP contribution in [0.1, 0.15) is 48.3 Å². The summed E-state index contributed by atoms with van der Waals surface area (Å²) in [6.45, 7) is 4.95. The van der Waals surface area contributed by atoms with Gasteiger partial charge in [0.05, 0.1) is 4.88 Å². The maximum atomic E-state index is 12.6. The van der Waals surface area contributed by atoms with Crippen LogP contribution in [0.15, 0.2) is 11.4 Å². The highest BCUT2D eigenvalue weighted by Gasteiger charge is 2.31. The monoisotopic (exact) mass is 266 g/mol. The Hall–Kier alpha value is -0.870. The van der Waals surface area contributed by atoms with Crippen LogP contribution >= 0.6 is 11.3 Å². The molecule has 2 heterocycles. The highest BCUT2D eigenvalue weighted by molar-refractivity contribution is 7.12. The van der Waals surface area contributed by atoms with Crippen molar-refractivity contribution in [3.63, 3.8) is 0 Å². The number of nitrogens with two attached hydrogens (primary N) is 1. The van der Waals surface area contributed by atoms with Gasteiger partial charge >= 0.3 is 0 Å². The van der Waals surface area contributed by atoms with Crippen molar-refractivity contribution in [2.45, 2.75) is 51.6 Å². The summed E-state index contributed by atoms with van der Waals surface area (Å²) in [7, 11) is 0. The Balaban J connectivity index is 2.21. The van der Waals surface area contributed by atoms with Gasteiger partial charge in [-0.05, 0) is 49.6 Å². The van der Waals surface area contributed by atoms with E-state index in [4.69, 9.17) is 5.73 Å². The van der Waals surface area contributed by atoms with E-state index in [1.165, 1.54) is 12.0 Å². The van der Waals surface area contributed by atoms with E-state index < -0.39 is 0 Å². The Morgan fingerprint density at radius 3 is 3.06 bits per heavy atom. The SMILES string of the molecule is CCc1ccsc1C(=O)N1CCCCC1C(C)N. The minimum atomic E-state index is 0.0549. The van der Waals surface area contributed by atoms with Gasteiger partial charge in [-0.2, -0.15) is 0 Å². The van der Waals surface area contributed by atoms with Gasteiger partial charge in [0.1, 0.15) is 0 Å². The highest BCUT2D eigenvalue weighted by Crippen LogP contribution is 2.25. The molecule has 1 fully saturated rings. The maximum absolute atomic E-state index is 12.6. The molecule has 1 amide bonds. The Bertz CT molecular complexity index is 414.